The van der Waals surface area contributed by atoms with Crippen molar-refractivity contribution in [3.63, 3.8) is 0 Å². The third-order valence-electron chi connectivity index (χ3n) is 4.06. The number of fused-ring (bicyclic) bond motifs is 1. The van der Waals surface area contributed by atoms with E-state index in [1.165, 1.54) is 23.1 Å². The average Bonchev–Trinajstić information content (AvgIpc) is 2.58. The maximum Gasteiger partial charge on any atom is 0.271 e. The van der Waals surface area contributed by atoms with E-state index in [4.69, 9.17) is 4.74 Å². The molecule has 1 saturated heterocycles. The number of carbonyl (C=O) groups excluding carboxylic acids is 2. The quantitative estimate of drug-likeness (QED) is 0.593. The first-order valence-electron chi connectivity index (χ1n) is 7.76. The first kappa shape index (κ1) is 18.9. The summed E-state index contributed by atoms with van der Waals surface area (Å²) in [6.07, 6.45) is 1.87. The van der Waals surface area contributed by atoms with E-state index in [1.807, 2.05) is 0 Å². The standard InChI is InChI=1S/C15H18N4O5.ClH/c20-14(17-10-2-1-5-16-7-10)8-18-12-6-11(19(22)23)3-4-13(12)24-9-15(18)21;/h3-4,6,10,16H,1-2,5,7-9H2,(H,17,20);1H/t10-;/m0./s1. The lowest BCUT2D eigenvalue weighted by molar-refractivity contribution is -0.384. The van der Waals surface area contributed by atoms with E-state index >= 15 is 0 Å². The number of nitro groups is 1. The van der Waals surface area contributed by atoms with Crippen LogP contribution in [0.5, 0.6) is 5.75 Å². The number of ether oxygens (including phenoxy) is 1. The molecule has 1 fully saturated rings. The Labute approximate surface area is 150 Å². The lowest BCUT2D eigenvalue weighted by Crippen LogP contribution is -2.50. The molecule has 25 heavy (non-hydrogen) atoms. The third-order valence-corrected chi connectivity index (χ3v) is 4.06. The van der Waals surface area contributed by atoms with E-state index < -0.39 is 10.8 Å². The van der Waals surface area contributed by atoms with Gasteiger partial charge in [-0.15, -0.1) is 12.4 Å². The van der Waals surface area contributed by atoms with Crippen LogP contribution in [0.25, 0.3) is 0 Å². The third kappa shape index (κ3) is 4.37. The second-order valence-corrected chi connectivity index (χ2v) is 5.79. The van der Waals surface area contributed by atoms with Crippen molar-refractivity contribution in [2.45, 2.75) is 18.9 Å². The summed E-state index contributed by atoms with van der Waals surface area (Å²) >= 11 is 0. The topological polar surface area (TPSA) is 114 Å². The highest BCUT2D eigenvalue weighted by atomic mass is 35.5. The van der Waals surface area contributed by atoms with Crippen LogP contribution in [0.4, 0.5) is 11.4 Å². The fraction of sp³-hybridized carbons (Fsp3) is 0.467. The number of rotatable bonds is 4. The molecule has 0 saturated carbocycles. The molecular formula is C15H19ClN4O5. The zero-order chi connectivity index (χ0) is 17.1. The molecule has 0 bridgehead atoms. The number of anilines is 1. The smallest absolute Gasteiger partial charge is 0.271 e. The fourth-order valence-corrected chi connectivity index (χ4v) is 2.87. The molecule has 0 radical (unpaired) electrons. The molecule has 0 aliphatic carbocycles. The summed E-state index contributed by atoms with van der Waals surface area (Å²) in [7, 11) is 0. The second kappa shape index (κ2) is 8.13. The van der Waals surface area contributed by atoms with Gasteiger partial charge in [-0.2, -0.15) is 0 Å². The highest BCUT2D eigenvalue weighted by molar-refractivity contribution is 6.02. The van der Waals surface area contributed by atoms with Gasteiger partial charge < -0.3 is 15.4 Å². The van der Waals surface area contributed by atoms with Gasteiger partial charge in [-0.25, -0.2) is 0 Å². The number of piperidine rings is 1. The van der Waals surface area contributed by atoms with Crippen molar-refractivity contribution in [2.75, 3.05) is 31.1 Å². The van der Waals surface area contributed by atoms with Crippen LogP contribution in [0.3, 0.4) is 0 Å². The number of nitrogens with one attached hydrogen (secondary N) is 2. The SMILES string of the molecule is Cl.O=C(CN1C(=O)COc2ccc([N+](=O)[O-])cc21)N[C@H]1CCCNC1. The van der Waals surface area contributed by atoms with Gasteiger partial charge in [0.2, 0.25) is 5.91 Å². The number of nitrogens with zero attached hydrogens (tertiary/aromatic N) is 2. The molecule has 2 amide bonds. The van der Waals surface area contributed by atoms with E-state index in [0.717, 1.165) is 19.4 Å². The summed E-state index contributed by atoms with van der Waals surface area (Å²) in [5, 5.41) is 17.0. The van der Waals surface area contributed by atoms with Crippen molar-refractivity contribution >= 4 is 35.6 Å². The summed E-state index contributed by atoms with van der Waals surface area (Å²) in [6, 6.07) is 4.03. The lowest BCUT2D eigenvalue weighted by atomic mass is 10.1. The normalized spacial score (nSPS) is 19.3. The molecule has 2 aliphatic rings. The van der Waals surface area contributed by atoms with E-state index in [0.29, 0.717) is 12.3 Å². The molecule has 2 aliphatic heterocycles. The summed E-state index contributed by atoms with van der Waals surface area (Å²) < 4.78 is 5.28. The second-order valence-electron chi connectivity index (χ2n) is 5.79. The molecule has 9 nitrogen and oxygen atoms in total. The summed E-state index contributed by atoms with van der Waals surface area (Å²) in [4.78, 5) is 36.0. The minimum atomic E-state index is -0.550. The van der Waals surface area contributed by atoms with Crippen LogP contribution in [-0.2, 0) is 9.59 Å². The Morgan fingerprint density at radius 1 is 1.48 bits per heavy atom. The monoisotopic (exact) mass is 370 g/mol. The Morgan fingerprint density at radius 2 is 2.28 bits per heavy atom. The van der Waals surface area contributed by atoms with Gasteiger partial charge in [0.25, 0.3) is 11.6 Å². The average molecular weight is 371 g/mol. The predicted octanol–water partition coefficient (Wildman–Crippen LogP) is 0.610. The van der Waals surface area contributed by atoms with Crippen LogP contribution in [-0.4, -0.2) is 49.0 Å². The summed E-state index contributed by atoms with van der Waals surface area (Å²) in [5.41, 5.74) is 0.0892. The zero-order valence-electron chi connectivity index (χ0n) is 13.4. The lowest BCUT2D eigenvalue weighted by Gasteiger charge is -2.30. The van der Waals surface area contributed by atoms with Gasteiger partial charge in [-0.05, 0) is 25.5 Å². The van der Waals surface area contributed by atoms with Gasteiger partial charge in [-0.1, -0.05) is 0 Å². The van der Waals surface area contributed by atoms with E-state index in [1.54, 1.807) is 0 Å². The number of nitro benzene ring substituents is 1. The van der Waals surface area contributed by atoms with Crippen molar-refractivity contribution < 1.29 is 19.2 Å². The van der Waals surface area contributed by atoms with Gasteiger partial charge in [0.05, 0.1) is 10.6 Å². The molecule has 0 spiro atoms. The number of non-ortho nitro benzene ring substituents is 1. The highest BCUT2D eigenvalue weighted by Gasteiger charge is 2.29. The van der Waals surface area contributed by atoms with Crippen molar-refractivity contribution in [2.24, 2.45) is 0 Å². The van der Waals surface area contributed by atoms with Crippen molar-refractivity contribution in [1.82, 2.24) is 10.6 Å². The Morgan fingerprint density at radius 3 is 2.96 bits per heavy atom. The van der Waals surface area contributed by atoms with Gasteiger partial charge in [-0.3, -0.25) is 24.6 Å². The first-order chi connectivity index (χ1) is 11.5. The van der Waals surface area contributed by atoms with Gasteiger partial charge >= 0.3 is 0 Å². The number of hydrogen-bond acceptors (Lipinski definition) is 6. The number of benzene rings is 1. The molecule has 0 unspecified atom stereocenters. The van der Waals surface area contributed by atoms with Gasteiger partial charge in [0.1, 0.15) is 12.3 Å². The maximum atomic E-state index is 12.2. The van der Waals surface area contributed by atoms with Gasteiger partial charge in [0.15, 0.2) is 6.61 Å². The Hall–Kier alpha value is -2.39. The van der Waals surface area contributed by atoms with Crippen LogP contribution < -0.4 is 20.3 Å². The number of carbonyl (C=O) groups is 2. The predicted molar refractivity (Wildman–Crippen MR) is 92.2 cm³/mol. The molecule has 2 heterocycles. The van der Waals surface area contributed by atoms with E-state index in [-0.39, 0.29) is 48.9 Å². The van der Waals surface area contributed by atoms with Crippen molar-refractivity contribution in [3.8, 4) is 5.75 Å². The molecule has 1 aromatic rings. The number of hydrogen-bond donors (Lipinski definition) is 2. The minimum absolute atomic E-state index is 0. The first-order valence-corrected chi connectivity index (χ1v) is 7.76. The molecule has 10 heteroatoms. The van der Waals surface area contributed by atoms with Crippen molar-refractivity contribution in [3.05, 3.63) is 28.3 Å². The van der Waals surface area contributed by atoms with Crippen LogP contribution in [0.15, 0.2) is 18.2 Å². The molecule has 136 valence electrons. The van der Waals surface area contributed by atoms with Crippen LogP contribution in [0, 0.1) is 10.1 Å². The molecule has 2 N–H and O–H groups in total. The van der Waals surface area contributed by atoms with Crippen LogP contribution >= 0.6 is 12.4 Å². The van der Waals surface area contributed by atoms with Crippen LogP contribution in [0.1, 0.15) is 12.8 Å². The molecule has 0 aromatic heterocycles. The summed E-state index contributed by atoms with van der Waals surface area (Å²) in [5.74, 6) is -0.344. The van der Waals surface area contributed by atoms with E-state index in [9.17, 15) is 19.7 Å². The molecule has 3 rings (SSSR count). The number of halogens is 1. The van der Waals surface area contributed by atoms with Gasteiger partial charge in [0, 0.05) is 24.7 Å². The Bertz CT molecular complexity index is 678. The zero-order valence-corrected chi connectivity index (χ0v) is 14.2. The fourth-order valence-electron chi connectivity index (χ4n) is 2.87. The number of amides is 2. The largest absolute Gasteiger partial charge is 0.482 e. The minimum Gasteiger partial charge on any atom is -0.482 e. The Kier molecular flexibility index (Phi) is 6.16. The van der Waals surface area contributed by atoms with Crippen molar-refractivity contribution in [1.29, 1.82) is 0 Å². The molecule has 1 aromatic carbocycles. The summed E-state index contributed by atoms with van der Waals surface area (Å²) in [6.45, 7) is 1.26. The van der Waals surface area contributed by atoms with E-state index in [2.05, 4.69) is 10.6 Å². The molecular weight excluding hydrogens is 352 g/mol. The van der Waals surface area contributed by atoms with Crippen LogP contribution in [0.2, 0.25) is 0 Å². The maximum absolute atomic E-state index is 12.2. The highest BCUT2D eigenvalue weighted by Crippen LogP contribution is 2.35. The molecule has 1 atom stereocenters. The Balaban J connectivity index is 0.00000225.